The summed E-state index contributed by atoms with van der Waals surface area (Å²) in [4.78, 5) is 0. The maximum absolute atomic E-state index is 5.95. The van der Waals surface area contributed by atoms with Gasteiger partial charge in [-0.25, -0.2) is 0 Å². The van der Waals surface area contributed by atoms with E-state index in [2.05, 4.69) is 12.2 Å². The Morgan fingerprint density at radius 2 is 2.38 bits per heavy atom. The molecule has 16 heavy (non-hydrogen) atoms. The van der Waals surface area contributed by atoms with E-state index < -0.39 is 0 Å². The van der Waals surface area contributed by atoms with Crippen LogP contribution in [0.2, 0.25) is 5.02 Å². The van der Waals surface area contributed by atoms with Gasteiger partial charge in [0.25, 0.3) is 0 Å². The number of nitrogen functional groups attached to an aromatic ring is 1. The number of anilines is 2. The first-order valence-corrected chi connectivity index (χ1v) is 5.95. The van der Waals surface area contributed by atoms with Crippen molar-refractivity contribution in [3.8, 4) is 0 Å². The molecule has 0 radical (unpaired) electrons. The second-order valence-electron chi connectivity index (χ2n) is 4.21. The lowest BCUT2D eigenvalue weighted by molar-refractivity contribution is 0.108. The standard InChI is InChI=1S/C12H17ClN2O/c1-8-9(5-6-16-8)7-15-11-4-2-3-10(13)12(11)14/h2-4,8-9,15H,5-7,14H2,1H3. The average molecular weight is 241 g/mol. The van der Waals surface area contributed by atoms with Crippen LogP contribution in [0.25, 0.3) is 0 Å². The predicted octanol–water partition coefficient (Wildman–Crippen LogP) is 2.76. The molecule has 0 spiro atoms. The normalized spacial score (nSPS) is 24.6. The zero-order valence-corrected chi connectivity index (χ0v) is 10.1. The summed E-state index contributed by atoms with van der Waals surface area (Å²) in [5.41, 5.74) is 7.41. The van der Waals surface area contributed by atoms with E-state index in [1.54, 1.807) is 6.07 Å². The van der Waals surface area contributed by atoms with E-state index in [9.17, 15) is 0 Å². The molecule has 0 aliphatic carbocycles. The number of ether oxygens (including phenoxy) is 1. The van der Waals surface area contributed by atoms with Gasteiger partial charge >= 0.3 is 0 Å². The fourth-order valence-electron chi connectivity index (χ4n) is 1.98. The highest BCUT2D eigenvalue weighted by molar-refractivity contribution is 6.33. The van der Waals surface area contributed by atoms with Crippen molar-refractivity contribution in [2.45, 2.75) is 19.4 Å². The van der Waals surface area contributed by atoms with E-state index in [4.69, 9.17) is 22.1 Å². The smallest absolute Gasteiger partial charge is 0.0739 e. The van der Waals surface area contributed by atoms with Crippen LogP contribution in [-0.4, -0.2) is 19.3 Å². The van der Waals surface area contributed by atoms with Gasteiger partial charge in [-0.3, -0.25) is 0 Å². The molecule has 2 unspecified atom stereocenters. The molecule has 1 aliphatic heterocycles. The Labute approximate surface area is 101 Å². The van der Waals surface area contributed by atoms with Crippen LogP contribution in [0.5, 0.6) is 0 Å². The summed E-state index contributed by atoms with van der Waals surface area (Å²) in [7, 11) is 0. The fourth-order valence-corrected chi connectivity index (χ4v) is 2.15. The van der Waals surface area contributed by atoms with E-state index in [-0.39, 0.29) is 0 Å². The number of benzene rings is 1. The van der Waals surface area contributed by atoms with E-state index in [0.29, 0.717) is 22.7 Å². The highest BCUT2D eigenvalue weighted by atomic mass is 35.5. The van der Waals surface area contributed by atoms with Gasteiger partial charge in [-0.15, -0.1) is 0 Å². The van der Waals surface area contributed by atoms with Crippen molar-refractivity contribution in [2.75, 3.05) is 24.2 Å². The monoisotopic (exact) mass is 240 g/mol. The minimum atomic E-state index is 0.327. The first kappa shape index (κ1) is 11.6. The molecular weight excluding hydrogens is 224 g/mol. The molecular formula is C12H17ClN2O. The molecule has 0 saturated carbocycles. The number of nitrogens with one attached hydrogen (secondary N) is 1. The van der Waals surface area contributed by atoms with Gasteiger partial charge in [-0.2, -0.15) is 0 Å². The van der Waals surface area contributed by atoms with Crippen LogP contribution in [0.15, 0.2) is 18.2 Å². The quantitative estimate of drug-likeness (QED) is 0.799. The second-order valence-corrected chi connectivity index (χ2v) is 4.61. The third-order valence-electron chi connectivity index (χ3n) is 3.14. The molecule has 2 rings (SSSR count). The first-order chi connectivity index (χ1) is 7.68. The van der Waals surface area contributed by atoms with Gasteiger partial charge in [0.05, 0.1) is 22.5 Å². The molecule has 0 aromatic heterocycles. The molecule has 1 fully saturated rings. The van der Waals surface area contributed by atoms with Crippen molar-refractivity contribution in [3.05, 3.63) is 23.2 Å². The Morgan fingerprint density at radius 1 is 1.56 bits per heavy atom. The third-order valence-corrected chi connectivity index (χ3v) is 3.47. The SMILES string of the molecule is CC1OCCC1CNc1cccc(Cl)c1N. The highest BCUT2D eigenvalue weighted by Gasteiger charge is 2.23. The van der Waals surface area contributed by atoms with Crippen LogP contribution < -0.4 is 11.1 Å². The minimum Gasteiger partial charge on any atom is -0.396 e. The molecule has 3 N–H and O–H groups in total. The average Bonchev–Trinajstić information content (AvgIpc) is 2.67. The Kier molecular flexibility index (Phi) is 3.56. The molecule has 0 amide bonds. The van der Waals surface area contributed by atoms with Crippen molar-refractivity contribution in [1.82, 2.24) is 0 Å². The second kappa shape index (κ2) is 4.93. The summed E-state index contributed by atoms with van der Waals surface area (Å²) in [6.45, 7) is 3.85. The lowest BCUT2D eigenvalue weighted by Gasteiger charge is -2.16. The van der Waals surface area contributed by atoms with Crippen LogP contribution in [0, 0.1) is 5.92 Å². The largest absolute Gasteiger partial charge is 0.396 e. The molecule has 1 aliphatic rings. The van der Waals surface area contributed by atoms with Gasteiger partial charge in [-0.05, 0) is 25.5 Å². The van der Waals surface area contributed by atoms with E-state index >= 15 is 0 Å². The van der Waals surface area contributed by atoms with Crippen molar-refractivity contribution in [2.24, 2.45) is 5.92 Å². The van der Waals surface area contributed by atoms with Crippen molar-refractivity contribution in [1.29, 1.82) is 0 Å². The molecule has 2 atom stereocenters. The fraction of sp³-hybridized carbons (Fsp3) is 0.500. The number of nitrogens with two attached hydrogens (primary N) is 1. The van der Waals surface area contributed by atoms with E-state index in [1.807, 2.05) is 12.1 Å². The van der Waals surface area contributed by atoms with Gasteiger partial charge in [-0.1, -0.05) is 17.7 Å². The molecule has 1 aromatic rings. The van der Waals surface area contributed by atoms with E-state index in [1.165, 1.54) is 0 Å². The molecule has 88 valence electrons. The topological polar surface area (TPSA) is 47.3 Å². The minimum absolute atomic E-state index is 0.327. The van der Waals surface area contributed by atoms with Gasteiger partial charge in [0, 0.05) is 19.1 Å². The van der Waals surface area contributed by atoms with Crippen molar-refractivity contribution in [3.63, 3.8) is 0 Å². The first-order valence-electron chi connectivity index (χ1n) is 5.58. The molecule has 4 heteroatoms. The van der Waals surface area contributed by atoms with Crippen molar-refractivity contribution >= 4 is 23.0 Å². The highest BCUT2D eigenvalue weighted by Crippen LogP contribution is 2.28. The van der Waals surface area contributed by atoms with Gasteiger partial charge < -0.3 is 15.8 Å². The Hall–Kier alpha value is -0.930. The lowest BCUT2D eigenvalue weighted by Crippen LogP contribution is -2.21. The number of hydrogen-bond acceptors (Lipinski definition) is 3. The molecule has 1 heterocycles. The number of hydrogen-bond donors (Lipinski definition) is 2. The van der Waals surface area contributed by atoms with Crippen molar-refractivity contribution < 1.29 is 4.74 Å². The van der Waals surface area contributed by atoms with Crippen LogP contribution >= 0.6 is 11.6 Å². The molecule has 0 bridgehead atoms. The van der Waals surface area contributed by atoms with Gasteiger partial charge in [0.2, 0.25) is 0 Å². The number of halogens is 1. The van der Waals surface area contributed by atoms with Gasteiger partial charge in [0.1, 0.15) is 0 Å². The van der Waals surface area contributed by atoms with Crippen LogP contribution in [0.4, 0.5) is 11.4 Å². The third kappa shape index (κ3) is 2.42. The van der Waals surface area contributed by atoms with Crippen LogP contribution in [0.3, 0.4) is 0 Å². The summed E-state index contributed by atoms with van der Waals surface area (Å²) < 4.78 is 5.51. The molecule has 1 aromatic carbocycles. The van der Waals surface area contributed by atoms with Crippen LogP contribution in [0.1, 0.15) is 13.3 Å². The maximum atomic E-state index is 5.95. The number of rotatable bonds is 3. The summed E-state index contributed by atoms with van der Waals surface area (Å²) in [6.07, 6.45) is 1.43. The summed E-state index contributed by atoms with van der Waals surface area (Å²) in [5.74, 6) is 0.554. The molecule has 3 nitrogen and oxygen atoms in total. The lowest BCUT2D eigenvalue weighted by atomic mass is 10.0. The van der Waals surface area contributed by atoms with E-state index in [0.717, 1.165) is 25.3 Å². The Bertz CT molecular complexity index is 370. The molecule has 1 saturated heterocycles. The van der Waals surface area contributed by atoms with Gasteiger partial charge in [0.15, 0.2) is 0 Å². The van der Waals surface area contributed by atoms with Crippen LogP contribution in [-0.2, 0) is 4.74 Å². The number of para-hydroxylation sites is 1. The predicted molar refractivity (Wildman–Crippen MR) is 67.9 cm³/mol. The maximum Gasteiger partial charge on any atom is 0.0739 e. The zero-order valence-electron chi connectivity index (χ0n) is 9.37. The zero-order chi connectivity index (χ0) is 11.5. The Balaban J connectivity index is 1.96. The Morgan fingerprint density at radius 3 is 3.06 bits per heavy atom. The summed E-state index contributed by atoms with van der Waals surface area (Å²) in [5, 5.41) is 3.93. The summed E-state index contributed by atoms with van der Waals surface area (Å²) >= 11 is 5.95. The summed E-state index contributed by atoms with van der Waals surface area (Å²) in [6, 6.07) is 5.64.